The summed E-state index contributed by atoms with van der Waals surface area (Å²) in [5, 5.41) is 0.404. The Labute approximate surface area is 162 Å². The normalized spacial score (nSPS) is 12.0. The standard InChI is InChI=1S/C18H16BrClN2O2S/c1-2-24-10-9-22-15-8-7-12(19)11-16(15)25-18(22)21-17(23)13-5-3-4-6-14(13)20/h3-8,11H,2,9-10H2,1H3. The summed E-state index contributed by atoms with van der Waals surface area (Å²) < 4.78 is 9.52. The fourth-order valence-electron chi connectivity index (χ4n) is 2.43. The van der Waals surface area contributed by atoms with Crippen molar-refractivity contribution < 1.29 is 9.53 Å². The van der Waals surface area contributed by atoms with Crippen molar-refractivity contribution in [3.05, 3.63) is 62.3 Å². The number of carbonyl (C=O) groups is 1. The second-order valence-electron chi connectivity index (χ2n) is 5.24. The van der Waals surface area contributed by atoms with Crippen LogP contribution < -0.4 is 4.80 Å². The highest BCUT2D eigenvalue weighted by Crippen LogP contribution is 2.22. The maximum absolute atomic E-state index is 12.6. The Hall–Kier alpha value is -1.47. The number of thiazole rings is 1. The number of carbonyl (C=O) groups excluding carboxylic acids is 1. The Morgan fingerprint density at radius 1 is 1.32 bits per heavy atom. The van der Waals surface area contributed by atoms with Gasteiger partial charge in [-0.3, -0.25) is 4.79 Å². The van der Waals surface area contributed by atoms with Gasteiger partial charge >= 0.3 is 0 Å². The summed E-state index contributed by atoms with van der Waals surface area (Å²) in [5.74, 6) is -0.346. The molecular weight excluding hydrogens is 424 g/mol. The van der Waals surface area contributed by atoms with Gasteiger partial charge in [-0.2, -0.15) is 4.99 Å². The molecule has 0 radical (unpaired) electrons. The van der Waals surface area contributed by atoms with Crippen LogP contribution in [0, 0.1) is 0 Å². The fraction of sp³-hybridized carbons (Fsp3) is 0.222. The van der Waals surface area contributed by atoms with Crippen LogP contribution in [0.4, 0.5) is 0 Å². The van der Waals surface area contributed by atoms with Crippen LogP contribution in [-0.4, -0.2) is 23.7 Å². The molecule has 4 nitrogen and oxygen atoms in total. The molecule has 7 heteroatoms. The molecule has 0 aliphatic rings. The lowest BCUT2D eigenvalue weighted by Crippen LogP contribution is -2.19. The van der Waals surface area contributed by atoms with Gasteiger partial charge in [-0.25, -0.2) is 0 Å². The predicted molar refractivity (Wildman–Crippen MR) is 105 cm³/mol. The highest BCUT2D eigenvalue weighted by molar-refractivity contribution is 9.10. The van der Waals surface area contributed by atoms with Gasteiger partial charge in [0.25, 0.3) is 5.91 Å². The molecule has 1 heterocycles. The number of rotatable bonds is 5. The summed E-state index contributed by atoms with van der Waals surface area (Å²) in [6.07, 6.45) is 0. The molecular formula is C18H16BrClN2O2S. The Bertz CT molecular complexity index is 981. The predicted octanol–water partition coefficient (Wildman–Crippen LogP) is 4.90. The van der Waals surface area contributed by atoms with E-state index in [1.54, 1.807) is 24.3 Å². The Kier molecular flexibility index (Phi) is 6.06. The van der Waals surface area contributed by atoms with Gasteiger partial charge in [0.1, 0.15) is 0 Å². The van der Waals surface area contributed by atoms with Gasteiger partial charge in [-0.1, -0.05) is 51.0 Å². The number of amides is 1. The molecule has 0 unspecified atom stereocenters. The maximum atomic E-state index is 12.6. The molecule has 0 bridgehead atoms. The van der Waals surface area contributed by atoms with Crippen molar-refractivity contribution in [1.29, 1.82) is 0 Å². The molecule has 2 aromatic carbocycles. The van der Waals surface area contributed by atoms with Crippen LogP contribution in [0.1, 0.15) is 17.3 Å². The van der Waals surface area contributed by atoms with E-state index >= 15 is 0 Å². The quantitative estimate of drug-likeness (QED) is 0.531. The first-order chi connectivity index (χ1) is 12.1. The van der Waals surface area contributed by atoms with Gasteiger partial charge in [-0.05, 0) is 37.3 Å². The minimum absolute atomic E-state index is 0.346. The molecule has 0 saturated heterocycles. The summed E-state index contributed by atoms with van der Waals surface area (Å²) in [6.45, 7) is 3.80. The third-order valence-corrected chi connectivity index (χ3v) is 5.47. The Morgan fingerprint density at radius 2 is 2.12 bits per heavy atom. The zero-order chi connectivity index (χ0) is 17.8. The second-order valence-corrected chi connectivity index (χ2v) is 7.57. The molecule has 0 saturated carbocycles. The van der Waals surface area contributed by atoms with Crippen LogP contribution >= 0.6 is 38.9 Å². The van der Waals surface area contributed by atoms with Gasteiger partial charge in [0.15, 0.2) is 4.80 Å². The van der Waals surface area contributed by atoms with E-state index in [1.807, 2.05) is 29.7 Å². The molecule has 25 heavy (non-hydrogen) atoms. The topological polar surface area (TPSA) is 43.6 Å². The van der Waals surface area contributed by atoms with Gasteiger partial charge in [0.2, 0.25) is 0 Å². The molecule has 0 spiro atoms. The largest absolute Gasteiger partial charge is 0.380 e. The Morgan fingerprint density at radius 3 is 2.88 bits per heavy atom. The summed E-state index contributed by atoms with van der Waals surface area (Å²) in [4.78, 5) is 17.5. The van der Waals surface area contributed by atoms with Crippen molar-refractivity contribution in [2.24, 2.45) is 4.99 Å². The van der Waals surface area contributed by atoms with Crippen LogP contribution in [0.5, 0.6) is 0 Å². The second kappa shape index (κ2) is 8.27. The summed E-state index contributed by atoms with van der Waals surface area (Å²) >= 11 is 11.1. The third kappa shape index (κ3) is 4.20. The van der Waals surface area contributed by atoms with E-state index in [4.69, 9.17) is 16.3 Å². The smallest absolute Gasteiger partial charge is 0.281 e. The minimum Gasteiger partial charge on any atom is -0.380 e. The molecule has 3 rings (SSSR count). The number of fused-ring (bicyclic) bond motifs is 1. The molecule has 0 N–H and O–H groups in total. The summed E-state index contributed by atoms with van der Waals surface area (Å²) in [7, 11) is 0. The van der Waals surface area contributed by atoms with E-state index in [9.17, 15) is 4.79 Å². The molecule has 0 aliphatic carbocycles. The summed E-state index contributed by atoms with van der Waals surface area (Å²) in [6, 6.07) is 13.0. The van der Waals surface area contributed by atoms with Crippen LogP contribution in [0.2, 0.25) is 5.02 Å². The SMILES string of the molecule is CCOCCn1c(=NC(=O)c2ccccc2Cl)sc2cc(Br)ccc21. The number of benzene rings is 2. The number of aromatic nitrogens is 1. The number of ether oxygens (including phenoxy) is 1. The molecule has 3 aromatic rings. The van der Waals surface area contributed by atoms with Crippen LogP contribution in [0.15, 0.2) is 51.9 Å². The molecule has 0 aliphatic heterocycles. The monoisotopic (exact) mass is 438 g/mol. The molecule has 0 fully saturated rings. The number of nitrogens with zero attached hydrogens (tertiary/aromatic N) is 2. The molecule has 0 atom stereocenters. The average Bonchev–Trinajstić information content (AvgIpc) is 2.92. The minimum atomic E-state index is -0.346. The van der Waals surface area contributed by atoms with Gasteiger partial charge < -0.3 is 9.30 Å². The number of hydrogen-bond donors (Lipinski definition) is 0. The van der Waals surface area contributed by atoms with Gasteiger partial charge in [-0.15, -0.1) is 0 Å². The van der Waals surface area contributed by atoms with Crippen molar-refractivity contribution in [2.45, 2.75) is 13.5 Å². The highest BCUT2D eigenvalue weighted by Gasteiger charge is 2.11. The zero-order valence-corrected chi connectivity index (χ0v) is 16.7. The summed E-state index contributed by atoms with van der Waals surface area (Å²) in [5.41, 5.74) is 1.43. The zero-order valence-electron chi connectivity index (χ0n) is 13.5. The van der Waals surface area contributed by atoms with Crippen molar-refractivity contribution in [1.82, 2.24) is 4.57 Å². The molecule has 130 valence electrons. The molecule has 1 aromatic heterocycles. The lowest BCUT2D eigenvalue weighted by atomic mass is 10.2. The van der Waals surface area contributed by atoms with Crippen molar-refractivity contribution in [3.63, 3.8) is 0 Å². The van der Waals surface area contributed by atoms with Crippen LogP contribution in [0.3, 0.4) is 0 Å². The van der Waals surface area contributed by atoms with Crippen LogP contribution in [0.25, 0.3) is 10.2 Å². The lowest BCUT2D eigenvalue weighted by Gasteiger charge is -2.05. The lowest BCUT2D eigenvalue weighted by molar-refractivity contribution is 0.0997. The average molecular weight is 440 g/mol. The van der Waals surface area contributed by atoms with Gasteiger partial charge in [0.05, 0.1) is 27.4 Å². The first-order valence-corrected chi connectivity index (χ1v) is 9.79. The number of halogens is 2. The van der Waals surface area contributed by atoms with Crippen molar-refractivity contribution in [2.75, 3.05) is 13.2 Å². The Balaban J connectivity index is 2.08. The van der Waals surface area contributed by atoms with Crippen molar-refractivity contribution in [3.8, 4) is 0 Å². The first-order valence-electron chi connectivity index (χ1n) is 7.80. The van der Waals surface area contributed by atoms with E-state index in [0.29, 0.717) is 35.1 Å². The van der Waals surface area contributed by atoms with E-state index in [1.165, 1.54) is 11.3 Å². The maximum Gasteiger partial charge on any atom is 0.281 e. The van der Waals surface area contributed by atoms with Crippen LogP contribution in [-0.2, 0) is 11.3 Å². The van der Waals surface area contributed by atoms with E-state index in [2.05, 4.69) is 20.9 Å². The third-order valence-electron chi connectivity index (χ3n) is 3.61. The van der Waals surface area contributed by atoms with E-state index in [0.717, 1.165) is 14.7 Å². The van der Waals surface area contributed by atoms with E-state index < -0.39 is 0 Å². The fourth-order valence-corrected chi connectivity index (χ4v) is 4.25. The highest BCUT2D eigenvalue weighted by atomic mass is 79.9. The van der Waals surface area contributed by atoms with Crippen molar-refractivity contribution >= 4 is 55.0 Å². The van der Waals surface area contributed by atoms with Gasteiger partial charge in [0, 0.05) is 17.6 Å². The first kappa shape index (κ1) is 18.3. The molecule has 1 amide bonds. The number of hydrogen-bond acceptors (Lipinski definition) is 3. The van der Waals surface area contributed by atoms with E-state index in [-0.39, 0.29) is 5.91 Å².